The molecule has 2 amide bonds. The van der Waals surface area contributed by atoms with Crippen LogP contribution in [0.4, 0.5) is 0 Å². The van der Waals surface area contributed by atoms with Gasteiger partial charge in [-0.3, -0.25) is 19.2 Å². The van der Waals surface area contributed by atoms with E-state index in [4.69, 9.17) is 32.6 Å². The number of carbonyl (C=O) groups excluding carboxylic acids is 4. The molecule has 12 heteroatoms. The molecule has 0 aliphatic heterocycles. The van der Waals surface area contributed by atoms with Gasteiger partial charge in [0.1, 0.15) is 0 Å². The van der Waals surface area contributed by atoms with Gasteiger partial charge >= 0.3 is 13.0 Å². The summed E-state index contributed by atoms with van der Waals surface area (Å²) < 4.78 is 10.5. The van der Waals surface area contributed by atoms with Crippen LogP contribution in [-0.2, 0) is 23.8 Å². The van der Waals surface area contributed by atoms with Crippen LogP contribution < -0.4 is 10.6 Å². The van der Waals surface area contributed by atoms with Gasteiger partial charge in [-0.25, -0.2) is 0 Å². The molecule has 0 aliphatic rings. The van der Waals surface area contributed by atoms with Gasteiger partial charge in [-0.2, -0.15) is 0 Å². The summed E-state index contributed by atoms with van der Waals surface area (Å²) in [5.41, 5.74) is 0.152. The van der Waals surface area contributed by atoms with E-state index in [1.165, 1.54) is 19.2 Å². The summed E-state index contributed by atoms with van der Waals surface area (Å²) in [6, 6.07) is 4.47. The zero-order chi connectivity index (χ0) is 27.4. The number of halogens is 2. The van der Waals surface area contributed by atoms with Crippen molar-refractivity contribution in [2.45, 2.75) is 52.9 Å². The minimum atomic E-state index is -0.828. The topological polar surface area (TPSA) is 114 Å². The van der Waals surface area contributed by atoms with E-state index >= 15 is 0 Å². The van der Waals surface area contributed by atoms with E-state index in [1.807, 2.05) is 27.7 Å². The Balaban J connectivity index is 2.99. The summed E-state index contributed by atoms with van der Waals surface area (Å²) in [6.07, 6.45) is 0.784. The molecule has 1 aromatic rings. The maximum Gasteiger partial charge on any atom is 0.474 e. The Hall–Kier alpha value is -2.30. The second-order valence-electron chi connectivity index (χ2n) is 9.40. The predicted octanol–water partition coefficient (Wildman–Crippen LogP) is 3.37. The normalized spacial score (nSPS) is 11.9. The number of rotatable bonds is 14. The Morgan fingerprint density at radius 1 is 1.06 bits per heavy atom. The highest BCUT2D eigenvalue weighted by Crippen LogP contribution is 2.20. The van der Waals surface area contributed by atoms with Gasteiger partial charge in [-0.1, -0.05) is 50.9 Å². The van der Waals surface area contributed by atoms with Crippen LogP contribution in [0.5, 0.6) is 0 Å². The lowest BCUT2D eigenvalue weighted by Gasteiger charge is -2.32. The highest BCUT2D eigenvalue weighted by Gasteiger charge is 2.38. The fraction of sp³-hybridized carbons (Fsp3) is 0.583. The molecule has 0 bridgehead atoms. The summed E-state index contributed by atoms with van der Waals surface area (Å²) in [6.45, 7) is 7.68. The summed E-state index contributed by atoms with van der Waals surface area (Å²) in [4.78, 5) is 51.2. The van der Waals surface area contributed by atoms with Crippen LogP contribution in [0.2, 0.25) is 10.0 Å². The lowest BCUT2D eigenvalue weighted by atomic mass is 9.67. The number of amides is 2. The van der Waals surface area contributed by atoms with Crippen LogP contribution in [0, 0.1) is 11.8 Å². The quantitative estimate of drug-likeness (QED) is 0.273. The molecular formula is C24H36BCl2N3O6. The van der Waals surface area contributed by atoms with Crippen LogP contribution >= 0.6 is 23.2 Å². The molecule has 0 aromatic heterocycles. The van der Waals surface area contributed by atoms with E-state index in [1.54, 1.807) is 17.9 Å². The van der Waals surface area contributed by atoms with E-state index in [2.05, 4.69) is 10.6 Å². The Labute approximate surface area is 223 Å². The number of nitrogens with zero attached hydrogens (tertiary/aromatic N) is 1. The Morgan fingerprint density at radius 2 is 1.72 bits per heavy atom. The molecule has 1 aromatic carbocycles. The van der Waals surface area contributed by atoms with Crippen LogP contribution in [0.1, 0.15) is 57.3 Å². The highest BCUT2D eigenvalue weighted by molar-refractivity contribution is 6.53. The summed E-state index contributed by atoms with van der Waals surface area (Å²) >= 11 is 12.0. The van der Waals surface area contributed by atoms with Crippen LogP contribution in [0.15, 0.2) is 18.2 Å². The number of hydrogen-bond donors (Lipinski definition) is 2. The Bertz CT molecular complexity index is 916. The van der Waals surface area contributed by atoms with Crippen LogP contribution in [0.25, 0.3) is 0 Å². The monoisotopic (exact) mass is 543 g/mol. The Kier molecular flexibility index (Phi) is 13.9. The highest BCUT2D eigenvalue weighted by atomic mass is 35.5. The third kappa shape index (κ3) is 11.6. The van der Waals surface area contributed by atoms with Gasteiger partial charge in [0, 0.05) is 18.0 Å². The van der Waals surface area contributed by atoms with E-state index in [-0.39, 0.29) is 48.4 Å². The molecule has 2 N–H and O–H groups in total. The van der Waals surface area contributed by atoms with Crippen molar-refractivity contribution in [1.82, 2.24) is 15.4 Å². The van der Waals surface area contributed by atoms with Gasteiger partial charge in [0.05, 0.1) is 36.6 Å². The van der Waals surface area contributed by atoms with Crippen molar-refractivity contribution in [2.24, 2.45) is 11.8 Å². The van der Waals surface area contributed by atoms with Crippen LogP contribution in [-0.4, -0.2) is 68.8 Å². The molecule has 200 valence electrons. The zero-order valence-corrected chi connectivity index (χ0v) is 23.2. The second kappa shape index (κ2) is 15.7. The minimum absolute atomic E-state index is 0.0873. The maximum absolute atomic E-state index is 12.8. The number of hydrogen-bond acceptors (Lipinski definition) is 7. The van der Waals surface area contributed by atoms with Gasteiger partial charge in [0.25, 0.3) is 11.9 Å². The molecule has 0 heterocycles. The zero-order valence-electron chi connectivity index (χ0n) is 21.7. The molecule has 0 spiro atoms. The number of methoxy groups -OCH3 is 1. The summed E-state index contributed by atoms with van der Waals surface area (Å²) in [5.74, 6) is -2.19. The first kappa shape index (κ1) is 31.7. The lowest BCUT2D eigenvalue weighted by molar-refractivity contribution is -0.140. The van der Waals surface area contributed by atoms with E-state index in [0.717, 1.165) is 0 Å². The van der Waals surface area contributed by atoms with Crippen LogP contribution in [0.3, 0.4) is 0 Å². The van der Waals surface area contributed by atoms with Crippen molar-refractivity contribution in [3.05, 3.63) is 33.8 Å². The first-order chi connectivity index (χ1) is 16.8. The largest absolute Gasteiger partial charge is 0.518 e. The van der Waals surface area contributed by atoms with E-state index in [0.29, 0.717) is 11.4 Å². The van der Waals surface area contributed by atoms with Crippen molar-refractivity contribution in [2.75, 3.05) is 27.2 Å². The molecule has 1 atom stereocenters. The summed E-state index contributed by atoms with van der Waals surface area (Å²) in [7, 11) is 2.18. The molecule has 0 unspecified atom stereocenters. The molecule has 0 aliphatic carbocycles. The number of ether oxygens (including phenoxy) is 1. The first-order valence-electron chi connectivity index (χ1n) is 11.8. The molecule has 0 radical (unpaired) electrons. The number of esters is 1. The number of benzene rings is 1. The first-order valence-corrected chi connectivity index (χ1v) is 12.6. The maximum atomic E-state index is 12.8. The van der Waals surface area contributed by atoms with Gasteiger partial charge < -0.3 is 24.8 Å². The average Bonchev–Trinajstić information content (AvgIpc) is 2.79. The smallest absolute Gasteiger partial charge is 0.474 e. The summed E-state index contributed by atoms with van der Waals surface area (Å²) in [5, 5.41) is 5.95. The lowest BCUT2D eigenvalue weighted by Crippen LogP contribution is -2.58. The third-order valence-corrected chi connectivity index (χ3v) is 5.72. The van der Waals surface area contributed by atoms with Crippen molar-refractivity contribution in [1.29, 1.82) is 0 Å². The van der Waals surface area contributed by atoms with Crippen molar-refractivity contribution >= 4 is 54.0 Å². The fourth-order valence-corrected chi connectivity index (χ4v) is 3.81. The fourth-order valence-electron chi connectivity index (χ4n) is 3.43. The standard InChI is InChI=1S/C24H36BCl2N3O6/c1-15(2)11-20(25(36-23(33)12-16(3)4)30(5)10-9-22(32)35-6)29-21(31)14-28-24(34)18-13-17(26)7-8-19(18)27/h7-8,13,15-16,20H,9-12,14H2,1-6H3,(H,28,34)(H,29,31)/t20-/m0/s1. The van der Waals surface area contributed by atoms with E-state index < -0.39 is 36.7 Å². The minimum Gasteiger partial charge on any atom is -0.518 e. The Morgan fingerprint density at radius 3 is 2.31 bits per heavy atom. The van der Waals surface area contributed by atoms with Crippen molar-refractivity contribution in [3.63, 3.8) is 0 Å². The van der Waals surface area contributed by atoms with Gasteiger partial charge in [-0.15, -0.1) is 0 Å². The molecule has 1 rings (SSSR count). The molecule has 0 saturated heterocycles. The van der Waals surface area contributed by atoms with Gasteiger partial charge in [0.15, 0.2) is 0 Å². The molecule has 0 saturated carbocycles. The molecule has 0 fully saturated rings. The molecule has 36 heavy (non-hydrogen) atoms. The number of carbonyl (C=O) groups is 4. The van der Waals surface area contributed by atoms with Gasteiger partial charge in [0.2, 0.25) is 5.91 Å². The SMILES string of the molecule is COC(=O)CCN(C)B(OC(=O)CC(C)C)[C@H](CC(C)C)NC(=O)CNC(=O)c1cc(Cl)ccc1Cl. The van der Waals surface area contributed by atoms with E-state index in [9.17, 15) is 19.2 Å². The molecule has 9 nitrogen and oxygen atoms in total. The number of nitrogens with one attached hydrogen (secondary N) is 2. The average molecular weight is 544 g/mol. The molecular weight excluding hydrogens is 508 g/mol. The van der Waals surface area contributed by atoms with Crippen molar-refractivity contribution < 1.29 is 28.6 Å². The van der Waals surface area contributed by atoms with Gasteiger partial charge in [-0.05, 0) is 43.5 Å². The second-order valence-corrected chi connectivity index (χ2v) is 10.2. The predicted molar refractivity (Wildman–Crippen MR) is 141 cm³/mol. The van der Waals surface area contributed by atoms with Crippen molar-refractivity contribution in [3.8, 4) is 0 Å². The third-order valence-electron chi connectivity index (χ3n) is 5.16.